The van der Waals surface area contributed by atoms with E-state index in [0.717, 1.165) is 6.07 Å². The van der Waals surface area contributed by atoms with Gasteiger partial charge in [-0.05, 0) is 11.6 Å². The molecule has 0 amide bonds. The molecule has 0 saturated carbocycles. The monoisotopic (exact) mass is 259 g/mol. The summed E-state index contributed by atoms with van der Waals surface area (Å²) in [5.74, 6) is 0.456. The largest absolute Gasteiger partial charge is 0.416 e. The minimum Gasteiger partial charge on any atom is -0.371 e. The van der Waals surface area contributed by atoms with Gasteiger partial charge in [-0.2, -0.15) is 13.2 Å². The standard InChI is InChI=1S/C12H16F3N3/c1-9(17-7-6-16)18-8-10-4-2-3-5-11(10)12(13,14)15/h2-5,17-18H,1,6-8,16H2. The van der Waals surface area contributed by atoms with E-state index in [1.807, 2.05) is 0 Å². The number of hydrogen-bond acceptors (Lipinski definition) is 3. The van der Waals surface area contributed by atoms with Gasteiger partial charge in [0.2, 0.25) is 0 Å². The molecule has 0 unspecified atom stereocenters. The van der Waals surface area contributed by atoms with Crippen molar-refractivity contribution in [2.45, 2.75) is 12.7 Å². The van der Waals surface area contributed by atoms with Crippen molar-refractivity contribution in [2.24, 2.45) is 5.73 Å². The van der Waals surface area contributed by atoms with Crippen molar-refractivity contribution in [2.75, 3.05) is 13.1 Å². The highest BCUT2D eigenvalue weighted by molar-refractivity contribution is 5.29. The first-order valence-electron chi connectivity index (χ1n) is 5.47. The Hall–Kier alpha value is -1.69. The quantitative estimate of drug-likeness (QED) is 0.730. The Labute approximate surface area is 104 Å². The van der Waals surface area contributed by atoms with Gasteiger partial charge >= 0.3 is 6.18 Å². The van der Waals surface area contributed by atoms with E-state index in [1.165, 1.54) is 12.1 Å². The molecule has 4 N–H and O–H groups in total. The maximum absolute atomic E-state index is 12.7. The molecule has 18 heavy (non-hydrogen) atoms. The molecule has 0 fully saturated rings. The maximum Gasteiger partial charge on any atom is 0.416 e. The molecule has 100 valence electrons. The van der Waals surface area contributed by atoms with Crippen LogP contribution in [0.4, 0.5) is 13.2 Å². The predicted octanol–water partition coefficient (Wildman–Crippen LogP) is 1.81. The Morgan fingerprint density at radius 2 is 1.89 bits per heavy atom. The third-order valence-corrected chi connectivity index (χ3v) is 2.30. The lowest BCUT2D eigenvalue weighted by molar-refractivity contribution is -0.138. The number of alkyl halides is 3. The van der Waals surface area contributed by atoms with Crippen LogP contribution in [-0.2, 0) is 12.7 Å². The van der Waals surface area contributed by atoms with Crippen LogP contribution in [0.15, 0.2) is 36.7 Å². The minimum atomic E-state index is -4.34. The van der Waals surface area contributed by atoms with Gasteiger partial charge in [0, 0.05) is 19.6 Å². The number of rotatable bonds is 6. The van der Waals surface area contributed by atoms with E-state index >= 15 is 0 Å². The van der Waals surface area contributed by atoms with Crippen LogP contribution in [0.5, 0.6) is 0 Å². The number of benzene rings is 1. The molecule has 0 atom stereocenters. The Morgan fingerprint density at radius 1 is 1.22 bits per heavy atom. The van der Waals surface area contributed by atoms with Crippen LogP contribution >= 0.6 is 0 Å². The van der Waals surface area contributed by atoms with Gasteiger partial charge in [-0.25, -0.2) is 0 Å². The summed E-state index contributed by atoms with van der Waals surface area (Å²) >= 11 is 0. The maximum atomic E-state index is 12.7. The first kappa shape index (κ1) is 14.4. The highest BCUT2D eigenvalue weighted by atomic mass is 19.4. The van der Waals surface area contributed by atoms with Crippen LogP contribution in [0.25, 0.3) is 0 Å². The normalized spacial score (nSPS) is 11.1. The van der Waals surface area contributed by atoms with Crippen molar-refractivity contribution in [1.82, 2.24) is 10.6 Å². The second-order valence-electron chi connectivity index (χ2n) is 3.70. The molecule has 0 aliphatic carbocycles. The first-order valence-corrected chi connectivity index (χ1v) is 5.47. The number of halogens is 3. The summed E-state index contributed by atoms with van der Waals surface area (Å²) < 4.78 is 38.1. The molecule has 0 saturated heterocycles. The van der Waals surface area contributed by atoms with Gasteiger partial charge in [0.05, 0.1) is 11.4 Å². The summed E-state index contributed by atoms with van der Waals surface area (Å²) in [4.78, 5) is 0. The molecule has 0 aliphatic heterocycles. The number of nitrogens with two attached hydrogens (primary N) is 1. The highest BCUT2D eigenvalue weighted by Gasteiger charge is 2.32. The SMILES string of the molecule is C=C(NCCN)NCc1ccccc1C(F)(F)F. The zero-order valence-corrected chi connectivity index (χ0v) is 9.85. The molecule has 0 spiro atoms. The lowest BCUT2D eigenvalue weighted by atomic mass is 10.1. The van der Waals surface area contributed by atoms with Crippen LogP contribution in [0, 0.1) is 0 Å². The summed E-state index contributed by atoms with van der Waals surface area (Å²) in [5.41, 5.74) is 4.83. The van der Waals surface area contributed by atoms with Gasteiger partial charge in [0.1, 0.15) is 0 Å². The zero-order valence-electron chi connectivity index (χ0n) is 9.85. The van der Waals surface area contributed by atoms with E-state index < -0.39 is 11.7 Å². The van der Waals surface area contributed by atoms with Crippen LogP contribution in [0.1, 0.15) is 11.1 Å². The molecule has 0 aromatic heterocycles. The number of nitrogens with one attached hydrogen (secondary N) is 2. The van der Waals surface area contributed by atoms with Gasteiger partial charge in [-0.3, -0.25) is 0 Å². The smallest absolute Gasteiger partial charge is 0.371 e. The fourth-order valence-corrected chi connectivity index (χ4v) is 1.44. The highest BCUT2D eigenvalue weighted by Crippen LogP contribution is 2.31. The fraction of sp³-hybridized carbons (Fsp3) is 0.333. The second kappa shape index (κ2) is 6.30. The Morgan fingerprint density at radius 3 is 2.50 bits per heavy atom. The molecule has 1 aromatic carbocycles. The van der Waals surface area contributed by atoms with Crippen molar-refractivity contribution in [3.63, 3.8) is 0 Å². The van der Waals surface area contributed by atoms with Crippen molar-refractivity contribution in [3.05, 3.63) is 47.8 Å². The second-order valence-corrected chi connectivity index (χ2v) is 3.70. The van der Waals surface area contributed by atoms with Crippen molar-refractivity contribution in [3.8, 4) is 0 Å². The molecule has 6 heteroatoms. The van der Waals surface area contributed by atoms with Crippen molar-refractivity contribution >= 4 is 0 Å². The minimum absolute atomic E-state index is 0.0616. The molecular formula is C12H16F3N3. The van der Waals surface area contributed by atoms with Gasteiger partial charge in [-0.15, -0.1) is 0 Å². The van der Waals surface area contributed by atoms with Crippen LogP contribution in [0.3, 0.4) is 0 Å². The Balaban J connectivity index is 2.65. The third-order valence-electron chi connectivity index (χ3n) is 2.30. The Kier molecular flexibility index (Phi) is 5.03. The predicted molar refractivity (Wildman–Crippen MR) is 64.5 cm³/mol. The fourth-order valence-electron chi connectivity index (χ4n) is 1.44. The lowest BCUT2D eigenvalue weighted by Gasteiger charge is -2.15. The van der Waals surface area contributed by atoms with Crippen molar-refractivity contribution in [1.29, 1.82) is 0 Å². The van der Waals surface area contributed by atoms with Crippen LogP contribution < -0.4 is 16.4 Å². The van der Waals surface area contributed by atoms with Crippen molar-refractivity contribution < 1.29 is 13.2 Å². The average molecular weight is 259 g/mol. The molecular weight excluding hydrogens is 243 g/mol. The Bertz CT molecular complexity index is 402. The number of hydrogen-bond donors (Lipinski definition) is 3. The molecule has 1 aromatic rings. The topological polar surface area (TPSA) is 50.1 Å². The van der Waals surface area contributed by atoms with Gasteiger partial charge in [0.15, 0.2) is 0 Å². The van der Waals surface area contributed by atoms with Gasteiger partial charge < -0.3 is 16.4 Å². The molecule has 1 rings (SSSR count). The molecule has 0 radical (unpaired) electrons. The molecule has 0 aliphatic rings. The molecule has 0 heterocycles. The molecule has 0 bridgehead atoms. The van der Waals surface area contributed by atoms with Crippen LogP contribution in [0.2, 0.25) is 0 Å². The van der Waals surface area contributed by atoms with Gasteiger partial charge in [0.25, 0.3) is 0 Å². The van der Waals surface area contributed by atoms with E-state index in [1.54, 1.807) is 6.07 Å². The van der Waals surface area contributed by atoms with E-state index in [4.69, 9.17) is 5.73 Å². The summed E-state index contributed by atoms with van der Waals surface area (Å²) in [6.45, 7) is 4.65. The average Bonchev–Trinajstić information content (AvgIpc) is 2.33. The van der Waals surface area contributed by atoms with E-state index in [-0.39, 0.29) is 12.1 Å². The lowest BCUT2D eigenvalue weighted by Crippen LogP contribution is -2.29. The third kappa shape index (κ3) is 4.29. The summed E-state index contributed by atoms with van der Waals surface area (Å²) in [7, 11) is 0. The molecule has 3 nitrogen and oxygen atoms in total. The van der Waals surface area contributed by atoms with Crippen LogP contribution in [-0.4, -0.2) is 13.1 Å². The van der Waals surface area contributed by atoms with E-state index in [2.05, 4.69) is 17.2 Å². The summed E-state index contributed by atoms with van der Waals surface area (Å²) in [6, 6.07) is 5.44. The first-order chi connectivity index (χ1) is 8.45. The summed E-state index contributed by atoms with van der Waals surface area (Å²) in [5, 5.41) is 5.63. The van der Waals surface area contributed by atoms with Gasteiger partial charge in [-0.1, -0.05) is 24.8 Å². The van der Waals surface area contributed by atoms with E-state index in [9.17, 15) is 13.2 Å². The summed E-state index contributed by atoms with van der Waals surface area (Å²) in [6.07, 6.45) is -4.34. The van der Waals surface area contributed by atoms with E-state index in [0.29, 0.717) is 18.9 Å². The zero-order chi connectivity index (χ0) is 13.6.